The molecule has 0 aliphatic carbocycles. The molecule has 0 atom stereocenters. The Morgan fingerprint density at radius 1 is 0.968 bits per heavy atom. The molecule has 1 saturated heterocycles. The number of amides is 1. The van der Waals surface area contributed by atoms with Gasteiger partial charge >= 0.3 is 0 Å². The van der Waals surface area contributed by atoms with Crippen molar-refractivity contribution in [1.29, 1.82) is 0 Å². The highest BCUT2D eigenvalue weighted by Gasteiger charge is 2.26. The van der Waals surface area contributed by atoms with Gasteiger partial charge < -0.3 is 18.7 Å². The van der Waals surface area contributed by atoms with Gasteiger partial charge in [0.2, 0.25) is 5.76 Å². The largest absolute Gasteiger partial charge is 0.461 e. The summed E-state index contributed by atoms with van der Waals surface area (Å²) in [5, 5.41) is 3.89. The zero-order valence-electron chi connectivity index (χ0n) is 16.4. The highest BCUT2D eigenvalue weighted by molar-refractivity contribution is 5.93. The van der Waals surface area contributed by atoms with Crippen LogP contribution in [-0.4, -0.2) is 52.1 Å². The lowest BCUT2D eigenvalue weighted by Crippen LogP contribution is -2.49. The maximum absolute atomic E-state index is 13.2. The van der Waals surface area contributed by atoms with Crippen molar-refractivity contribution in [3.63, 3.8) is 0 Å². The van der Waals surface area contributed by atoms with Crippen LogP contribution >= 0.6 is 0 Å². The highest BCUT2D eigenvalue weighted by atomic mass is 19.1. The zero-order valence-corrected chi connectivity index (χ0v) is 16.4. The number of nitrogens with zero attached hydrogens (tertiary/aromatic N) is 5. The Morgan fingerprint density at radius 2 is 1.77 bits per heavy atom. The number of piperazine rings is 1. The Hall–Kier alpha value is -4.01. The highest BCUT2D eigenvalue weighted by Crippen LogP contribution is 2.24. The third-order valence-corrected chi connectivity index (χ3v) is 5.18. The average Bonchev–Trinajstić information content (AvgIpc) is 3.51. The van der Waals surface area contributed by atoms with Crippen molar-refractivity contribution in [2.75, 3.05) is 31.1 Å². The molecule has 0 N–H and O–H groups in total. The molecule has 8 nitrogen and oxygen atoms in total. The number of hydrogen-bond acceptors (Lipinski definition) is 7. The first-order valence-corrected chi connectivity index (χ1v) is 9.80. The van der Waals surface area contributed by atoms with Gasteiger partial charge in [0.25, 0.3) is 5.91 Å². The van der Waals surface area contributed by atoms with Crippen molar-refractivity contribution in [3.8, 4) is 22.8 Å². The minimum absolute atomic E-state index is 0.184. The summed E-state index contributed by atoms with van der Waals surface area (Å²) in [6.45, 7) is 2.29. The second-order valence-electron chi connectivity index (χ2n) is 7.10. The predicted octanol–water partition coefficient (Wildman–Crippen LogP) is 3.49. The number of carbonyl (C=O) groups is 1. The van der Waals surface area contributed by atoms with E-state index in [1.165, 1.54) is 24.7 Å². The fourth-order valence-corrected chi connectivity index (χ4v) is 3.51. The van der Waals surface area contributed by atoms with Crippen LogP contribution in [-0.2, 0) is 0 Å². The van der Waals surface area contributed by atoms with Crippen LogP contribution in [0.1, 0.15) is 10.5 Å². The third kappa shape index (κ3) is 3.89. The van der Waals surface area contributed by atoms with Gasteiger partial charge in [-0.1, -0.05) is 5.16 Å². The summed E-state index contributed by atoms with van der Waals surface area (Å²) in [5.41, 5.74) is 1.79. The van der Waals surface area contributed by atoms with Gasteiger partial charge in [0, 0.05) is 43.9 Å². The van der Waals surface area contributed by atoms with Crippen LogP contribution in [0.4, 0.5) is 10.2 Å². The van der Waals surface area contributed by atoms with Crippen LogP contribution in [0.3, 0.4) is 0 Å². The van der Waals surface area contributed by atoms with E-state index in [0.29, 0.717) is 37.7 Å². The van der Waals surface area contributed by atoms with Crippen molar-refractivity contribution >= 4 is 11.7 Å². The minimum Gasteiger partial charge on any atom is -0.461 e. The molecule has 4 heterocycles. The molecule has 1 aromatic carbocycles. The SMILES string of the molecule is O=C(c1cc(-c2ccco2)on1)N1CCN(c2cc(-c3ccc(F)cc3)ncn2)CC1. The molecule has 1 amide bonds. The summed E-state index contributed by atoms with van der Waals surface area (Å²) < 4.78 is 23.7. The fourth-order valence-electron chi connectivity index (χ4n) is 3.51. The average molecular weight is 419 g/mol. The lowest BCUT2D eigenvalue weighted by atomic mass is 10.1. The van der Waals surface area contributed by atoms with E-state index in [4.69, 9.17) is 8.94 Å². The van der Waals surface area contributed by atoms with Crippen molar-refractivity contribution in [1.82, 2.24) is 20.0 Å². The molecule has 3 aromatic heterocycles. The fraction of sp³-hybridized carbons (Fsp3) is 0.182. The molecule has 0 spiro atoms. The van der Waals surface area contributed by atoms with Crippen molar-refractivity contribution in [2.45, 2.75) is 0 Å². The number of furan rings is 1. The number of carbonyl (C=O) groups excluding carboxylic acids is 1. The second-order valence-corrected chi connectivity index (χ2v) is 7.10. The molecule has 1 aliphatic rings. The van der Waals surface area contributed by atoms with E-state index in [1.54, 1.807) is 35.2 Å². The first kappa shape index (κ1) is 19.0. The lowest BCUT2D eigenvalue weighted by molar-refractivity contribution is 0.0736. The van der Waals surface area contributed by atoms with Gasteiger partial charge in [-0.05, 0) is 36.4 Å². The second kappa shape index (κ2) is 8.02. The Morgan fingerprint density at radius 3 is 2.52 bits per heavy atom. The molecule has 5 rings (SSSR count). The van der Waals surface area contributed by atoms with Crippen LogP contribution in [0.25, 0.3) is 22.8 Å². The summed E-state index contributed by atoms with van der Waals surface area (Å²) in [4.78, 5) is 25.3. The Kier molecular flexibility index (Phi) is 4.91. The Labute approximate surface area is 176 Å². The summed E-state index contributed by atoms with van der Waals surface area (Å²) >= 11 is 0. The van der Waals surface area contributed by atoms with Crippen LogP contribution in [0, 0.1) is 5.82 Å². The molecule has 0 radical (unpaired) electrons. The number of hydrogen-bond donors (Lipinski definition) is 0. The first-order chi connectivity index (χ1) is 15.2. The van der Waals surface area contributed by atoms with E-state index in [9.17, 15) is 9.18 Å². The van der Waals surface area contributed by atoms with Gasteiger partial charge in [0.1, 0.15) is 18.0 Å². The monoisotopic (exact) mass is 419 g/mol. The number of benzene rings is 1. The molecular weight excluding hydrogens is 401 g/mol. The van der Waals surface area contributed by atoms with Crippen LogP contribution < -0.4 is 4.90 Å². The maximum Gasteiger partial charge on any atom is 0.276 e. The van der Waals surface area contributed by atoms with Crippen molar-refractivity contribution in [2.24, 2.45) is 0 Å². The molecule has 0 bridgehead atoms. The van der Waals surface area contributed by atoms with Gasteiger partial charge in [-0.25, -0.2) is 14.4 Å². The van der Waals surface area contributed by atoms with Gasteiger partial charge in [-0.3, -0.25) is 4.79 Å². The van der Waals surface area contributed by atoms with E-state index >= 15 is 0 Å². The molecule has 1 aliphatic heterocycles. The van der Waals surface area contributed by atoms with Crippen LogP contribution in [0.2, 0.25) is 0 Å². The van der Waals surface area contributed by atoms with Crippen molar-refractivity contribution < 1.29 is 18.1 Å². The third-order valence-electron chi connectivity index (χ3n) is 5.18. The molecule has 1 fully saturated rings. The van der Waals surface area contributed by atoms with E-state index in [2.05, 4.69) is 20.0 Å². The Balaban J connectivity index is 1.25. The van der Waals surface area contributed by atoms with Gasteiger partial charge in [0.05, 0.1) is 12.0 Å². The van der Waals surface area contributed by atoms with Crippen LogP contribution in [0.15, 0.2) is 70.1 Å². The topological polar surface area (TPSA) is 88.5 Å². The maximum atomic E-state index is 13.2. The normalized spacial score (nSPS) is 14.1. The number of halogens is 1. The van der Waals surface area contributed by atoms with Gasteiger partial charge in [-0.2, -0.15) is 0 Å². The molecule has 0 unspecified atom stereocenters. The Bertz CT molecular complexity index is 1180. The van der Waals surface area contributed by atoms with Crippen molar-refractivity contribution in [3.05, 3.63) is 72.6 Å². The van der Waals surface area contributed by atoms with E-state index in [-0.39, 0.29) is 17.4 Å². The molecule has 0 saturated carbocycles. The standard InChI is InChI=1S/C22H18FN5O3/c23-16-5-3-15(4-6-16)17-13-21(25-14-24-17)27-7-9-28(10-8-27)22(29)18-12-20(31-26-18)19-2-1-11-30-19/h1-6,11-14H,7-10H2. The molecule has 156 valence electrons. The molecule has 9 heteroatoms. The van der Waals surface area contributed by atoms with Gasteiger partial charge in [-0.15, -0.1) is 0 Å². The molecule has 31 heavy (non-hydrogen) atoms. The van der Waals surface area contributed by atoms with E-state index < -0.39 is 0 Å². The summed E-state index contributed by atoms with van der Waals surface area (Å²) in [6.07, 6.45) is 3.03. The summed E-state index contributed by atoms with van der Waals surface area (Å²) in [5.74, 6) is 1.24. The van der Waals surface area contributed by atoms with E-state index in [1.807, 2.05) is 6.07 Å². The van der Waals surface area contributed by atoms with E-state index in [0.717, 1.165) is 17.1 Å². The molecule has 4 aromatic rings. The van der Waals surface area contributed by atoms with Crippen LogP contribution in [0.5, 0.6) is 0 Å². The molecular formula is C22H18FN5O3. The summed E-state index contributed by atoms with van der Waals surface area (Å²) in [6, 6.07) is 13.1. The summed E-state index contributed by atoms with van der Waals surface area (Å²) in [7, 11) is 0. The minimum atomic E-state index is -0.290. The first-order valence-electron chi connectivity index (χ1n) is 9.80. The number of rotatable bonds is 4. The number of anilines is 1. The zero-order chi connectivity index (χ0) is 21.2. The quantitative estimate of drug-likeness (QED) is 0.500. The lowest BCUT2D eigenvalue weighted by Gasteiger charge is -2.35. The van der Waals surface area contributed by atoms with Gasteiger partial charge in [0.15, 0.2) is 11.5 Å². The smallest absolute Gasteiger partial charge is 0.276 e. The predicted molar refractivity (Wildman–Crippen MR) is 110 cm³/mol. The number of aromatic nitrogens is 3.